The van der Waals surface area contributed by atoms with Crippen molar-refractivity contribution in [2.75, 3.05) is 13.7 Å². The molecule has 0 aliphatic carbocycles. The predicted octanol–water partition coefficient (Wildman–Crippen LogP) is 2.32. The van der Waals surface area contributed by atoms with Crippen LogP contribution in [0.1, 0.15) is 49.3 Å². The third-order valence-electron chi connectivity index (χ3n) is 4.55. The Morgan fingerprint density at radius 2 is 2.22 bits per heavy atom. The van der Waals surface area contributed by atoms with Crippen LogP contribution < -0.4 is 0 Å². The fraction of sp³-hybridized carbons (Fsp3) is 0.588. The molecule has 1 aliphatic rings. The Labute approximate surface area is 136 Å². The highest BCUT2D eigenvalue weighted by atomic mass is 16.5. The molecular weight excluding hydrogens is 292 g/mol. The van der Waals surface area contributed by atoms with E-state index in [1.807, 2.05) is 6.07 Å². The van der Waals surface area contributed by atoms with Gasteiger partial charge < -0.3 is 4.74 Å². The first-order valence-electron chi connectivity index (χ1n) is 8.28. The molecule has 0 N–H and O–H groups in total. The average Bonchev–Trinajstić information content (AvgIpc) is 2.95. The minimum Gasteiger partial charge on any atom is -0.465 e. The number of carbonyl (C=O) groups excluding carboxylic acids is 1. The molecule has 3 heterocycles. The van der Waals surface area contributed by atoms with Crippen molar-refractivity contribution in [3.05, 3.63) is 29.7 Å². The highest BCUT2D eigenvalue weighted by Crippen LogP contribution is 2.22. The molecular formula is C17H24N4O2. The first-order chi connectivity index (χ1) is 11.1. The number of aromatic nitrogens is 3. The molecule has 1 fully saturated rings. The van der Waals surface area contributed by atoms with Gasteiger partial charge in [0.2, 0.25) is 0 Å². The van der Waals surface area contributed by atoms with Crippen molar-refractivity contribution in [1.82, 2.24) is 19.5 Å². The molecule has 2 aromatic heterocycles. The van der Waals surface area contributed by atoms with E-state index < -0.39 is 0 Å². The van der Waals surface area contributed by atoms with Gasteiger partial charge in [0.05, 0.1) is 12.7 Å². The average molecular weight is 316 g/mol. The van der Waals surface area contributed by atoms with E-state index in [0.717, 1.165) is 24.4 Å². The van der Waals surface area contributed by atoms with Crippen molar-refractivity contribution < 1.29 is 9.53 Å². The summed E-state index contributed by atoms with van der Waals surface area (Å²) in [5, 5.41) is 4.55. The van der Waals surface area contributed by atoms with Crippen LogP contribution in [0.15, 0.2) is 18.3 Å². The minimum absolute atomic E-state index is 0.359. The van der Waals surface area contributed by atoms with Crippen molar-refractivity contribution in [3.63, 3.8) is 0 Å². The summed E-state index contributed by atoms with van der Waals surface area (Å²) in [6.07, 6.45) is 6.27. The van der Waals surface area contributed by atoms with E-state index in [0.29, 0.717) is 17.6 Å². The summed E-state index contributed by atoms with van der Waals surface area (Å²) in [5.41, 5.74) is 1.25. The van der Waals surface area contributed by atoms with Gasteiger partial charge in [-0.25, -0.2) is 14.3 Å². The van der Waals surface area contributed by atoms with Crippen molar-refractivity contribution >= 4 is 11.6 Å². The van der Waals surface area contributed by atoms with Crippen LogP contribution in [0.25, 0.3) is 5.65 Å². The number of pyridine rings is 1. The number of esters is 1. The molecule has 0 amide bonds. The molecule has 124 valence electrons. The van der Waals surface area contributed by atoms with Gasteiger partial charge >= 0.3 is 5.97 Å². The number of piperidine rings is 1. The molecule has 1 aliphatic heterocycles. The van der Waals surface area contributed by atoms with E-state index in [9.17, 15) is 4.79 Å². The van der Waals surface area contributed by atoms with Gasteiger partial charge in [-0.1, -0.05) is 6.42 Å². The number of fused-ring (bicyclic) bond motifs is 1. The second kappa shape index (κ2) is 6.66. The van der Waals surface area contributed by atoms with Crippen LogP contribution in [0.3, 0.4) is 0 Å². The monoisotopic (exact) mass is 316 g/mol. The Hall–Kier alpha value is -1.95. The minimum atomic E-state index is -0.359. The third-order valence-corrected chi connectivity index (χ3v) is 4.55. The van der Waals surface area contributed by atoms with Gasteiger partial charge in [0.1, 0.15) is 0 Å². The maximum Gasteiger partial charge on any atom is 0.339 e. The first kappa shape index (κ1) is 15.9. The third kappa shape index (κ3) is 3.37. The smallest absolute Gasteiger partial charge is 0.339 e. The summed E-state index contributed by atoms with van der Waals surface area (Å²) >= 11 is 0. The molecule has 0 radical (unpaired) electrons. The van der Waals surface area contributed by atoms with Gasteiger partial charge in [-0.05, 0) is 45.4 Å². The molecule has 0 spiro atoms. The lowest BCUT2D eigenvalue weighted by Gasteiger charge is -2.38. The topological polar surface area (TPSA) is 59.7 Å². The maximum atomic E-state index is 11.6. The Morgan fingerprint density at radius 3 is 2.96 bits per heavy atom. The van der Waals surface area contributed by atoms with E-state index in [-0.39, 0.29) is 5.97 Å². The van der Waals surface area contributed by atoms with Gasteiger partial charge in [-0.15, -0.1) is 0 Å². The number of methoxy groups -OCH3 is 1. The van der Waals surface area contributed by atoms with E-state index in [4.69, 9.17) is 4.74 Å². The van der Waals surface area contributed by atoms with Gasteiger partial charge in [0, 0.05) is 24.7 Å². The first-order valence-corrected chi connectivity index (χ1v) is 8.28. The van der Waals surface area contributed by atoms with E-state index >= 15 is 0 Å². The molecule has 0 saturated carbocycles. The molecule has 6 nitrogen and oxygen atoms in total. The van der Waals surface area contributed by atoms with Crippen LogP contribution in [0.5, 0.6) is 0 Å². The number of nitrogens with zero attached hydrogens (tertiary/aromatic N) is 4. The summed E-state index contributed by atoms with van der Waals surface area (Å²) in [4.78, 5) is 18.8. The predicted molar refractivity (Wildman–Crippen MR) is 87.5 cm³/mol. The van der Waals surface area contributed by atoms with Gasteiger partial charge in [0.25, 0.3) is 0 Å². The Kier molecular flexibility index (Phi) is 4.61. The van der Waals surface area contributed by atoms with Crippen molar-refractivity contribution in [3.8, 4) is 0 Å². The zero-order valence-electron chi connectivity index (χ0n) is 14.0. The van der Waals surface area contributed by atoms with Gasteiger partial charge in [-0.2, -0.15) is 5.10 Å². The highest BCUT2D eigenvalue weighted by molar-refractivity contribution is 5.89. The molecule has 1 saturated heterocycles. The number of ether oxygens (including phenoxy) is 1. The van der Waals surface area contributed by atoms with Crippen LogP contribution in [0.4, 0.5) is 0 Å². The van der Waals surface area contributed by atoms with Crippen molar-refractivity contribution in [2.45, 2.75) is 51.6 Å². The second-order valence-electron chi connectivity index (χ2n) is 6.43. The number of hydrogen-bond acceptors (Lipinski definition) is 5. The molecule has 3 rings (SSSR count). The quantitative estimate of drug-likeness (QED) is 0.810. The van der Waals surface area contributed by atoms with Crippen LogP contribution in [0, 0.1) is 0 Å². The van der Waals surface area contributed by atoms with Crippen LogP contribution in [0.2, 0.25) is 0 Å². The molecule has 0 aromatic carbocycles. The largest absolute Gasteiger partial charge is 0.465 e. The maximum absolute atomic E-state index is 11.6. The molecule has 1 unspecified atom stereocenters. The number of carbonyl (C=O) groups is 1. The van der Waals surface area contributed by atoms with E-state index in [1.54, 1.807) is 16.8 Å². The van der Waals surface area contributed by atoms with Crippen molar-refractivity contribution in [1.29, 1.82) is 0 Å². The number of rotatable bonds is 4. The Bertz CT molecular complexity index is 695. The summed E-state index contributed by atoms with van der Waals surface area (Å²) in [7, 11) is 1.38. The summed E-state index contributed by atoms with van der Waals surface area (Å²) in [6.45, 7) is 5.65. The van der Waals surface area contributed by atoms with E-state index in [2.05, 4.69) is 28.8 Å². The van der Waals surface area contributed by atoms with Gasteiger partial charge in [-0.3, -0.25) is 4.90 Å². The lowest BCUT2D eigenvalue weighted by Crippen LogP contribution is -2.45. The van der Waals surface area contributed by atoms with Crippen LogP contribution >= 0.6 is 0 Å². The molecule has 1 atom stereocenters. The fourth-order valence-corrected chi connectivity index (χ4v) is 3.39. The summed E-state index contributed by atoms with van der Waals surface area (Å²) < 4.78 is 6.42. The number of hydrogen-bond donors (Lipinski definition) is 0. The van der Waals surface area contributed by atoms with Crippen LogP contribution in [-0.2, 0) is 11.2 Å². The van der Waals surface area contributed by atoms with Crippen molar-refractivity contribution in [2.24, 2.45) is 0 Å². The fourth-order valence-electron chi connectivity index (χ4n) is 3.39. The summed E-state index contributed by atoms with van der Waals surface area (Å²) in [5.74, 6) is 0.478. The normalized spacial score (nSPS) is 19.4. The lowest BCUT2D eigenvalue weighted by atomic mass is 9.97. The Morgan fingerprint density at radius 1 is 1.39 bits per heavy atom. The summed E-state index contributed by atoms with van der Waals surface area (Å²) in [6, 6.07) is 4.58. The van der Waals surface area contributed by atoms with Gasteiger partial charge in [0.15, 0.2) is 11.5 Å². The standard InChI is InChI=1S/C17H24N4O2/c1-12(2)20-9-5-4-6-14(20)10-15-18-16-8-7-13(17(22)23-3)11-21(16)19-15/h7-8,11-12,14H,4-6,9-10H2,1-3H3. The Balaban J connectivity index is 1.81. The molecule has 2 aromatic rings. The van der Waals surface area contributed by atoms with Crippen LogP contribution in [-0.4, -0.2) is 51.2 Å². The number of likely N-dealkylation sites (tertiary alicyclic amines) is 1. The van der Waals surface area contributed by atoms with E-state index in [1.165, 1.54) is 26.4 Å². The SMILES string of the molecule is COC(=O)c1ccc2nc(CC3CCCCN3C(C)C)nn2c1. The second-order valence-corrected chi connectivity index (χ2v) is 6.43. The zero-order valence-corrected chi connectivity index (χ0v) is 14.0. The lowest BCUT2D eigenvalue weighted by molar-refractivity contribution is 0.0600. The zero-order chi connectivity index (χ0) is 16.4. The molecule has 23 heavy (non-hydrogen) atoms. The highest BCUT2D eigenvalue weighted by Gasteiger charge is 2.26. The molecule has 6 heteroatoms. The molecule has 0 bridgehead atoms.